The minimum Gasteiger partial charge on any atom is -0.365 e. The molecule has 6 nitrogen and oxygen atoms in total. The van der Waals surface area contributed by atoms with E-state index in [0.29, 0.717) is 33.2 Å². The normalized spacial score (nSPS) is 19.5. The third-order valence-electron chi connectivity index (χ3n) is 5.99. The molecule has 0 bridgehead atoms. The van der Waals surface area contributed by atoms with Crippen LogP contribution in [0.4, 0.5) is 15.5 Å². The molecule has 2 heterocycles. The molecule has 4 N–H and O–H groups in total. The number of hydrogen-bond acceptors (Lipinski definition) is 3. The van der Waals surface area contributed by atoms with Crippen molar-refractivity contribution in [1.29, 1.82) is 0 Å². The molecule has 2 atom stereocenters. The molecular weight excluding hydrogens is 408 g/mol. The zero-order chi connectivity index (χ0) is 21.3. The predicted octanol–water partition coefficient (Wildman–Crippen LogP) is 4.69. The van der Waals surface area contributed by atoms with Crippen LogP contribution < -0.4 is 16.4 Å². The summed E-state index contributed by atoms with van der Waals surface area (Å²) in [4.78, 5) is 25.8. The summed E-state index contributed by atoms with van der Waals surface area (Å²) in [5.74, 6) is 0.0529. The van der Waals surface area contributed by atoms with Gasteiger partial charge in [-0.25, -0.2) is 4.79 Å². The second kappa shape index (κ2) is 8.34. The Balaban J connectivity index is 1.83. The van der Waals surface area contributed by atoms with Crippen LogP contribution >= 0.6 is 22.9 Å². The molecule has 3 amide bonds. The lowest BCUT2D eigenvalue weighted by atomic mass is 9.95. The number of nitrogens with one attached hydrogen (secondary N) is 2. The number of primary amides is 1. The summed E-state index contributed by atoms with van der Waals surface area (Å²) in [6.45, 7) is 8.53. The van der Waals surface area contributed by atoms with Crippen molar-refractivity contribution in [3.63, 3.8) is 0 Å². The number of nitrogens with zero attached hydrogens (tertiary/aromatic N) is 1. The maximum absolute atomic E-state index is 12.5. The molecule has 1 aliphatic rings. The van der Waals surface area contributed by atoms with Gasteiger partial charge in [0.15, 0.2) is 0 Å². The Labute approximate surface area is 180 Å². The van der Waals surface area contributed by atoms with Gasteiger partial charge in [0, 0.05) is 23.0 Å². The van der Waals surface area contributed by atoms with Crippen molar-refractivity contribution in [3.8, 4) is 0 Å². The highest BCUT2D eigenvalue weighted by molar-refractivity contribution is 7.17. The number of benzene rings is 1. The Morgan fingerprint density at radius 1 is 1.17 bits per heavy atom. The van der Waals surface area contributed by atoms with Gasteiger partial charge in [-0.3, -0.25) is 10.1 Å². The number of rotatable bonds is 5. The van der Waals surface area contributed by atoms with E-state index >= 15 is 0 Å². The summed E-state index contributed by atoms with van der Waals surface area (Å²) in [6, 6.07) is 6.90. The second-order valence-corrected chi connectivity index (χ2v) is 9.80. The van der Waals surface area contributed by atoms with E-state index in [9.17, 15) is 9.59 Å². The maximum atomic E-state index is 12.5. The fourth-order valence-corrected chi connectivity index (χ4v) is 5.42. The fourth-order valence-electron chi connectivity index (χ4n) is 3.89. The number of urea groups is 1. The molecule has 156 valence electrons. The number of nitrogens with two attached hydrogens (primary N) is 1. The molecule has 0 spiro atoms. The average Bonchev–Trinajstić information content (AvgIpc) is 2.99. The summed E-state index contributed by atoms with van der Waals surface area (Å²) in [5.41, 5.74) is 7.72. The molecule has 29 heavy (non-hydrogen) atoms. The van der Waals surface area contributed by atoms with E-state index in [2.05, 4.69) is 38.5 Å². The van der Waals surface area contributed by atoms with Crippen molar-refractivity contribution in [2.75, 3.05) is 24.2 Å². The van der Waals surface area contributed by atoms with Crippen LogP contribution in [-0.2, 0) is 13.0 Å². The van der Waals surface area contributed by atoms with E-state index in [4.69, 9.17) is 17.3 Å². The first kappa shape index (κ1) is 21.6. The monoisotopic (exact) mass is 435 g/mol. The summed E-state index contributed by atoms with van der Waals surface area (Å²) in [5, 5.41) is 6.68. The van der Waals surface area contributed by atoms with Gasteiger partial charge in [-0.2, -0.15) is 0 Å². The fraction of sp³-hybridized carbons (Fsp3) is 0.429. The summed E-state index contributed by atoms with van der Waals surface area (Å²) < 4.78 is 0.916. The number of anilines is 2. The van der Waals surface area contributed by atoms with E-state index in [1.165, 1.54) is 11.3 Å². The predicted molar refractivity (Wildman–Crippen MR) is 120 cm³/mol. The molecule has 3 rings (SSSR count). The van der Waals surface area contributed by atoms with E-state index in [1.807, 2.05) is 0 Å². The third kappa shape index (κ3) is 4.57. The average molecular weight is 436 g/mol. The van der Waals surface area contributed by atoms with Gasteiger partial charge in [0.2, 0.25) is 0 Å². The number of quaternary nitrogens is 1. The van der Waals surface area contributed by atoms with Crippen LogP contribution in [0.2, 0.25) is 5.02 Å². The highest BCUT2D eigenvalue weighted by Gasteiger charge is 2.38. The quantitative estimate of drug-likeness (QED) is 0.595. The SMILES string of the molecule is CC(C)C(C)[N+]1(C)CCc2c(sc(NC(=O)Nc3ccc(Cl)cc3)c2C(N)=O)C1. The zero-order valence-corrected chi connectivity index (χ0v) is 18.8. The van der Waals surface area contributed by atoms with Crippen LogP contribution in [0.15, 0.2) is 24.3 Å². The molecule has 1 aromatic heterocycles. The highest BCUT2D eigenvalue weighted by atomic mass is 35.5. The number of thiophene rings is 1. The molecule has 2 unspecified atom stereocenters. The van der Waals surface area contributed by atoms with E-state index in [-0.39, 0.29) is 0 Å². The Morgan fingerprint density at radius 3 is 2.41 bits per heavy atom. The smallest absolute Gasteiger partial charge is 0.324 e. The van der Waals surface area contributed by atoms with Crippen LogP contribution in [0.3, 0.4) is 0 Å². The zero-order valence-electron chi connectivity index (χ0n) is 17.2. The Bertz CT molecular complexity index is 926. The lowest BCUT2D eigenvalue weighted by Gasteiger charge is -2.44. The first-order chi connectivity index (χ1) is 13.6. The molecule has 1 aromatic carbocycles. The largest absolute Gasteiger partial charge is 0.365 e. The molecule has 2 aromatic rings. The Morgan fingerprint density at radius 2 is 1.83 bits per heavy atom. The van der Waals surface area contributed by atoms with Crippen LogP contribution in [0.1, 0.15) is 41.6 Å². The van der Waals surface area contributed by atoms with Gasteiger partial charge >= 0.3 is 6.03 Å². The number of likely N-dealkylation sites (N-methyl/N-ethyl adjacent to an activating group) is 1. The van der Waals surface area contributed by atoms with Crippen molar-refractivity contribution in [2.45, 2.75) is 39.8 Å². The van der Waals surface area contributed by atoms with Crippen molar-refractivity contribution < 1.29 is 14.1 Å². The second-order valence-electron chi connectivity index (χ2n) is 8.25. The number of carbonyl (C=O) groups excluding carboxylic acids is 2. The summed E-state index contributed by atoms with van der Waals surface area (Å²) in [7, 11) is 2.26. The van der Waals surface area contributed by atoms with Crippen LogP contribution in [-0.4, -0.2) is 36.1 Å². The van der Waals surface area contributed by atoms with Crippen molar-refractivity contribution in [3.05, 3.63) is 45.3 Å². The molecule has 0 saturated heterocycles. The molecule has 0 aliphatic carbocycles. The number of carbonyl (C=O) groups is 2. The minimum absolute atomic E-state index is 0.416. The molecule has 0 radical (unpaired) electrons. The Kier molecular flexibility index (Phi) is 6.22. The van der Waals surface area contributed by atoms with Gasteiger partial charge in [0.05, 0.1) is 30.1 Å². The number of hydrogen-bond donors (Lipinski definition) is 3. The van der Waals surface area contributed by atoms with Gasteiger partial charge in [-0.05, 0) is 36.8 Å². The first-order valence-electron chi connectivity index (χ1n) is 9.73. The number of halogens is 1. The van der Waals surface area contributed by atoms with E-state index in [0.717, 1.165) is 34.4 Å². The van der Waals surface area contributed by atoms with Gasteiger partial charge in [0.25, 0.3) is 5.91 Å². The Hall–Kier alpha value is -2.09. The molecule has 8 heteroatoms. The van der Waals surface area contributed by atoms with E-state index in [1.54, 1.807) is 24.3 Å². The maximum Gasteiger partial charge on any atom is 0.324 e. The van der Waals surface area contributed by atoms with E-state index < -0.39 is 11.9 Å². The highest BCUT2D eigenvalue weighted by Crippen LogP contribution is 2.40. The van der Waals surface area contributed by atoms with Crippen LogP contribution in [0.25, 0.3) is 0 Å². The van der Waals surface area contributed by atoms with Gasteiger partial charge in [0.1, 0.15) is 11.5 Å². The molecule has 1 aliphatic heterocycles. The van der Waals surface area contributed by atoms with Crippen LogP contribution in [0.5, 0.6) is 0 Å². The topological polar surface area (TPSA) is 84.2 Å². The number of amides is 3. The lowest BCUT2D eigenvalue weighted by molar-refractivity contribution is -0.949. The summed E-state index contributed by atoms with van der Waals surface area (Å²) >= 11 is 7.33. The van der Waals surface area contributed by atoms with Gasteiger partial charge < -0.3 is 15.5 Å². The lowest BCUT2D eigenvalue weighted by Crippen LogP contribution is -2.55. The summed E-state index contributed by atoms with van der Waals surface area (Å²) in [6.07, 6.45) is 0.776. The molecule has 0 fully saturated rings. The van der Waals surface area contributed by atoms with Crippen molar-refractivity contribution in [1.82, 2.24) is 0 Å². The molecule has 0 saturated carbocycles. The standard InChI is InChI=1S/C21H27ClN4O2S/c1-12(2)13(3)26(4)10-9-16-17(11-26)29-20(18(16)19(23)27)25-21(28)24-15-7-5-14(22)6-8-15/h5-8,12-13H,9-11H2,1-4H3,(H3-,23,24,25,27,28)/p+1. The first-order valence-corrected chi connectivity index (χ1v) is 10.9. The number of fused-ring (bicyclic) bond motifs is 1. The third-order valence-corrected chi connectivity index (χ3v) is 7.38. The van der Waals surface area contributed by atoms with Crippen molar-refractivity contribution >= 4 is 45.6 Å². The molecular formula is C21H28ClN4O2S+. The minimum atomic E-state index is -0.502. The van der Waals surface area contributed by atoms with Crippen molar-refractivity contribution in [2.24, 2.45) is 11.7 Å². The van der Waals surface area contributed by atoms with Gasteiger partial charge in [-0.15, -0.1) is 11.3 Å². The van der Waals surface area contributed by atoms with Crippen LogP contribution in [0, 0.1) is 5.92 Å². The van der Waals surface area contributed by atoms with Gasteiger partial charge in [-0.1, -0.05) is 25.4 Å².